The molecule has 0 radical (unpaired) electrons. The Morgan fingerprint density at radius 2 is 1.88 bits per heavy atom. The van der Waals surface area contributed by atoms with E-state index in [1.165, 1.54) is 30.3 Å². The minimum atomic E-state index is -3.79. The van der Waals surface area contributed by atoms with Crippen molar-refractivity contribution in [3.8, 4) is 0 Å². The first-order valence-electron chi connectivity index (χ1n) is 6.71. The highest BCUT2D eigenvalue weighted by atomic mass is 35.5. The summed E-state index contributed by atoms with van der Waals surface area (Å²) in [6, 6.07) is 11.7. The van der Waals surface area contributed by atoms with Gasteiger partial charge in [-0.1, -0.05) is 35.9 Å². The molecule has 0 aromatic heterocycles. The lowest BCUT2D eigenvalue weighted by molar-refractivity contribution is -0.119. The van der Waals surface area contributed by atoms with Crippen LogP contribution in [0.1, 0.15) is 5.56 Å². The normalized spacial score (nSPS) is 11.6. The van der Waals surface area contributed by atoms with Crippen LogP contribution < -0.4 is 10.1 Å². The molecule has 1 amide bonds. The molecule has 2 rings (SSSR count). The number of nitrogens with zero attached hydrogens (tertiary/aromatic N) is 1. The Morgan fingerprint density at radius 3 is 2.54 bits per heavy atom. The van der Waals surface area contributed by atoms with Crippen molar-refractivity contribution >= 4 is 33.7 Å². The molecule has 0 saturated heterocycles. The van der Waals surface area contributed by atoms with Crippen molar-refractivity contribution < 1.29 is 17.6 Å². The van der Waals surface area contributed by atoms with Crippen LogP contribution in [0.15, 0.2) is 58.5 Å². The van der Waals surface area contributed by atoms with Crippen LogP contribution in [0.5, 0.6) is 0 Å². The molecule has 126 valence electrons. The number of nitrogens with one attached hydrogen (secondary N) is 2. The zero-order valence-electron chi connectivity index (χ0n) is 12.2. The third-order valence-electron chi connectivity index (χ3n) is 2.86. The summed E-state index contributed by atoms with van der Waals surface area (Å²) in [6.45, 7) is -0.514. The number of halogens is 2. The Bertz CT molecular complexity index is 837. The van der Waals surface area contributed by atoms with Crippen LogP contribution in [-0.2, 0) is 14.8 Å². The van der Waals surface area contributed by atoms with E-state index in [-0.39, 0.29) is 15.5 Å². The van der Waals surface area contributed by atoms with Crippen molar-refractivity contribution in [3.05, 3.63) is 64.9 Å². The van der Waals surface area contributed by atoms with E-state index in [2.05, 4.69) is 15.2 Å². The number of hydrogen-bond donors (Lipinski definition) is 2. The van der Waals surface area contributed by atoms with E-state index in [9.17, 15) is 17.6 Å². The molecule has 0 atom stereocenters. The molecule has 0 saturated carbocycles. The molecule has 2 N–H and O–H groups in total. The van der Waals surface area contributed by atoms with Gasteiger partial charge >= 0.3 is 0 Å². The maximum Gasteiger partial charge on any atom is 0.255 e. The van der Waals surface area contributed by atoms with Crippen LogP contribution >= 0.6 is 11.6 Å². The van der Waals surface area contributed by atoms with Gasteiger partial charge < -0.3 is 0 Å². The highest BCUT2D eigenvalue weighted by Crippen LogP contribution is 2.16. The quantitative estimate of drug-likeness (QED) is 0.602. The van der Waals surface area contributed by atoms with E-state index < -0.39 is 28.3 Å². The van der Waals surface area contributed by atoms with Crippen LogP contribution in [0.25, 0.3) is 0 Å². The third kappa shape index (κ3) is 4.85. The Morgan fingerprint density at radius 1 is 1.17 bits per heavy atom. The van der Waals surface area contributed by atoms with E-state index in [0.717, 1.165) is 6.21 Å². The second-order valence-corrected chi connectivity index (χ2v) is 6.74. The molecule has 0 fully saturated rings. The Hall–Kier alpha value is -2.29. The molecule has 0 aliphatic heterocycles. The molecule has 0 spiro atoms. The molecule has 2 aromatic carbocycles. The van der Waals surface area contributed by atoms with Crippen molar-refractivity contribution in [3.63, 3.8) is 0 Å². The number of rotatable bonds is 6. The molecule has 0 aliphatic carbocycles. The molecule has 2 aromatic rings. The predicted molar refractivity (Wildman–Crippen MR) is 88.8 cm³/mol. The molecule has 0 bridgehead atoms. The molecule has 0 heterocycles. The molecule has 0 unspecified atom stereocenters. The highest BCUT2D eigenvalue weighted by molar-refractivity contribution is 7.89. The van der Waals surface area contributed by atoms with E-state index in [1.807, 2.05) is 0 Å². The number of hydrogen-bond acceptors (Lipinski definition) is 4. The van der Waals surface area contributed by atoms with E-state index in [0.29, 0.717) is 0 Å². The monoisotopic (exact) mass is 369 g/mol. The maximum absolute atomic E-state index is 13.5. The average molecular weight is 370 g/mol. The van der Waals surface area contributed by atoms with Gasteiger partial charge in [-0.15, -0.1) is 0 Å². The van der Waals surface area contributed by atoms with Crippen molar-refractivity contribution in [1.82, 2.24) is 10.1 Å². The SMILES string of the molecule is O=C(CNS(=O)(=O)c1ccccc1)N/N=C\c1c(F)cccc1Cl. The topological polar surface area (TPSA) is 87.6 Å². The van der Waals surface area contributed by atoms with Gasteiger partial charge in [-0.2, -0.15) is 5.10 Å². The maximum atomic E-state index is 13.5. The number of hydrazone groups is 1. The second-order valence-electron chi connectivity index (χ2n) is 4.57. The fourth-order valence-electron chi connectivity index (χ4n) is 1.69. The first kappa shape index (κ1) is 18.1. The Balaban J connectivity index is 1.91. The van der Waals surface area contributed by atoms with Gasteiger partial charge in [-0.25, -0.2) is 23.0 Å². The zero-order chi connectivity index (χ0) is 17.6. The minimum Gasteiger partial charge on any atom is -0.272 e. The summed E-state index contributed by atoms with van der Waals surface area (Å²) in [5.41, 5.74) is 2.11. The van der Waals surface area contributed by atoms with Crippen molar-refractivity contribution in [2.24, 2.45) is 5.10 Å². The summed E-state index contributed by atoms with van der Waals surface area (Å²) in [7, 11) is -3.79. The lowest BCUT2D eigenvalue weighted by Crippen LogP contribution is -2.34. The number of carbonyl (C=O) groups is 1. The lowest BCUT2D eigenvalue weighted by atomic mass is 10.2. The van der Waals surface area contributed by atoms with Crippen LogP contribution in [0.2, 0.25) is 5.02 Å². The van der Waals surface area contributed by atoms with Crippen molar-refractivity contribution in [2.75, 3.05) is 6.54 Å². The predicted octanol–water partition coefficient (Wildman–Crippen LogP) is 1.91. The zero-order valence-corrected chi connectivity index (χ0v) is 13.8. The highest BCUT2D eigenvalue weighted by Gasteiger charge is 2.14. The van der Waals surface area contributed by atoms with E-state index in [4.69, 9.17) is 11.6 Å². The lowest BCUT2D eigenvalue weighted by Gasteiger charge is -2.05. The Labute approximate surface area is 143 Å². The van der Waals surface area contributed by atoms with Crippen LogP contribution in [0.3, 0.4) is 0 Å². The van der Waals surface area contributed by atoms with Gasteiger partial charge in [0.2, 0.25) is 10.0 Å². The summed E-state index contributed by atoms with van der Waals surface area (Å²) in [6.07, 6.45) is 1.04. The molecule has 9 heteroatoms. The van der Waals surface area contributed by atoms with Crippen molar-refractivity contribution in [2.45, 2.75) is 4.90 Å². The smallest absolute Gasteiger partial charge is 0.255 e. The summed E-state index contributed by atoms with van der Waals surface area (Å²) in [5.74, 6) is -1.30. The fraction of sp³-hybridized carbons (Fsp3) is 0.0667. The molecular formula is C15H13ClFN3O3S. The summed E-state index contributed by atoms with van der Waals surface area (Å²) in [4.78, 5) is 11.6. The minimum absolute atomic E-state index is 0.0179. The average Bonchev–Trinajstić information content (AvgIpc) is 2.56. The number of benzene rings is 2. The third-order valence-corrected chi connectivity index (χ3v) is 4.61. The number of amides is 1. The van der Waals surface area contributed by atoms with Crippen LogP contribution in [-0.4, -0.2) is 27.1 Å². The van der Waals surface area contributed by atoms with Gasteiger partial charge in [0, 0.05) is 5.56 Å². The van der Waals surface area contributed by atoms with Gasteiger partial charge in [-0.3, -0.25) is 4.79 Å². The van der Waals surface area contributed by atoms with E-state index in [1.54, 1.807) is 18.2 Å². The standard InChI is InChI=1S/C15H13ClFN3O3S/c16-13-7-4-8-14(17)12(13)9-18-20-15(21)10-19-24(22,23)11-5-2-1-3-6-11/h1-9,19H,10H2,(H,20,21)/b18-9-. The first-order chi connectivity index (χ1) is 11.4. The number of carbonyl (C=O) groups excluding carboxylic acids is 1. The van der Waals surface area contributed by atoms with Gasteiger partial charge in [0.15, 0.2) is 0 Å². The van der Waals surface area contributed by atoms with Gasteiger partial charge in [-0.05, 0) is 24.3 Å². The van der Waals surface area contributed by atoms with Crippen molar-refractivity contribution in [1.29, 1.82) is 0 Å². The summed E-state index contributed by atoms with van der Waals surface area (Å²) >= 11 is 5.80. The summed E-state index contributed by atoms with van der Waals surface area (Å²) < 4.78 is 39.5. The van der Waals surface area contributed by atoms with Crippen LogP contribution in [0, 0.1) is 5.82 Å². The Kier molecular flexibility index (Phi) is 6.02. The molecule has 6 nitrogen and oxygen atoms in total. The summed E-state index contributed by atoms with van der Waals surface area (Å²) in [5, 5.41) is 3.69. The fourth-order valence-corrected chi connectivity index (χ4v) is 2.90. The van der Waals surface area contributed by atoms with Gasteiger partial charge in [0.05, 0.1) is 22.7 Å². The largest absolute Gasteiger partial charge is 0.272 e. The van der Waals surface area contributed by atoms with E-state index >= 15 is 0 Å². The number of sulfonamides is 1. The van der Waals surface area contributed by atoms with Gasteiger partial charge in [0.25, 0.3) is 5.91 Å². The first-order valence-corrected chi connectivity index (χ1v) is 8.57. The molecule has 0 aliphatic rings. The van der Waals surface area contributed by atoms with Gasteiger partial charge in [0.1, 0.15) is 5.82 Å². The molecular weight excluding hydrogens is 357 g/mol. The van der Waals surface area contributed by atoms with Crippen LogP contribution in [0.4, 0.5) is 4.39 Å². The molecule has 24 heavy (non-hydrogen) atoms. The second kappa shape index (κ2) is 8.00.